The number of ether oxygens (including phenoxy) is 2. The Morgan fingerprint density at radius 3 is 2.09 bits per heavy atom. The standard InChI is InChI=1S/C15H23NO4.C2H6/c1-7-9-13(8-2)10-14(16(5)6)15(18)20-12(4)19-11(3)17;1-2/h7-9,12,14H,1-2,10H2,3-6H3;1-2H3/b13-9+;. The minimum Gasteiger partial charge on any atom is -0.426 e. The molecule has 0 radical (unpaired) electrons. The summed E-state index contributed by atoms with van der Waals surface area (Å²) >= 11 is 0. The number of likely N-dealkylation sites (N-methyl/N-ethyl adjacent to an activating group) is 1. The lowest BCUT2D eigenvalue weighted by atomic mass is 10.1. The molecule has 0 rings (SSSR count). The van der Waals surface area contributed by atoms with Gasteiger partial charge in [-0.25, -0.2) is 0 Å². The highest BCUT2D eigenvalue weighted by molar-refractivity contribution is 5.76. The van der Waals surface area contributed by atoms with Gasteiger partial charge in [-0.15, -0.1) is 0 Å². The van der Waals surface area contributed by atoms with Gasteiger partial charge in [0.25, 0.3) is 0 Å². The van der Waals surface area contributed by atoms with Gasteiger partial charge in [-0.05, 0) is 26.1 Å². The molecule has 0 N–H and O–H groups in total. The summed E-state index contributed by atoms with van der Waals surface area (Å²) < 4.78 is 9.88. The Kier molecular flexibility index (Phi) is 13.1. The van der Waals surface area contributed by atoms with Gasteiger partial charge in [0.05, 0.1) is 0 Å². The summed E-state index contributed by atoms with van der Waals surface area (Å²) in [6.45, 7) is 14.1. The maximum Gasteiger partial charge on any atom is 0.326 e. The maximum atomic E-state index is 12.1. The molecule has 0 saturated heterocycles. The number of allylic oxidation sites excluding steroid dienone is 3. The average Bonchev–Trinajstić information content (AvgIpc) is 2.43. The van der Waals surface area contributed by atoms with Gasteiger partial charge in [0.15, 0.2) is 0 Å². The first-order valence-corrected chi connectivity index (χ1v) is 7.30. The number of carbonyl (C=O) groups excluding carboxylic acids is 2. The molecular weight excluding hydrogens is 282 g/mol. The zero-order valence-corrected chi connectivity index (χ0v) is 14.6. The zero-order chi connectivity index (χ0) is 17.7. The van der Waals surface area contributed by atoms with Gasteiger partial charge in [-0.2, -0.15) is 0 Å². The van der Waals surface area contributed by atoms with Crippen LogP contribution >= 0.6 is 0 Å². The van der Waals surface area contributed by atoms with E-state index in [9.17, 15) is 9.59 Å². The third-order valence-electron chi connectivity index (χ3n) is 2.53. The highest BCUT2D eigenvalue weighted by Crippen LogP contribution is 2.13. The summed E-state index contributed by atoms with van der Waals surface area (Å²) in [7, 11) is 3.55. The Hall–Kier alpha value is -1.88. The van der Waals surface area contributed by atoms with Crippen molar-refractivity contribution in [1.29, 1.82) is 0 Å². The quantitative estimate of drug-likeness (QED) is 0.392. The van der Waals surface area contributed by atoms with Crippen LogP contribution in [0.4, 0.5) is 0 Å². The van der Waals surface area contributed by atoms with Crippen molar-refractivity contribution in [3.8, 4) is 0 Å². The van der Waals surface area contributed by atoms with E-state index in [1.165, 1.54) is 13.8 Å². The van der Waals surface area contributed by atoms with Crippen molar-refractivity contribution in [3.05, 3.63) is 37.0 Å². The van der Waals surface area contributed by atoms with Crippen LogP contribution in [0, 0.1) is 0 Å². The molecule has 2 unspecified atom stereocenters. The van der Waals surface area contributed by atoms with E-state index in [1.54, 1.807) is 37.2 Å². The molecule has 5 heteroatoms. The fraction of sp³-hybridized carbons (Fsp3) is 0.529. The van der Waals surface area contributed by atoms with E-state index in [0.717, 1.165) is 5.57 Å². The Labute approximate surface area is 134 Å². The van der Waals surface area contributed by atoms with Crippen LogP contribution in [0.15, 0.2) is 37.0 Å². The minimum atomic E-state index is -0.905. The third kappa shape index (κ3) is 9.94. The van der Waals surface area contributed by atoms with Crippen molar-refractivity contribution in [2.45, 2.75) is 46.4 Å². The Morgan fingerprint density at radius 2 is 1.73 bits per heavy atom. The van der Waals surface area contributed by atoms with Crippen LogP contribution in [0.5, 0.6) is 0 Å². The van der Waals surface area contributed by atoms with Gasteiger partial charge in [-0.1, -0.05) is 45.2 Å². The average molecular weight is 311 g/mol. The van der Waals surface area contributed by atoms with Crippen LogP contribution in [-0.4, -0.2) is 43.3 Å². The largest absolute Gasteiger partial charge is 0.426 e. The van der Waals surface area contributed by atoms with Gasteiger partial charge in [0.2, 0.25) is 6.29 Å². The second-order valence-electron chi connectivity index (χ2n) is 4.48. The fourth-order valence-corrected chi connectivity index (χ4v) is 1.57. The Balaban J connectivity index is 0. The number of hydrogen-bond donors (Lipinski definition) is 0. The molecule has 0 amide bonds. The number of rotatable bonds is 8. The molecule has 0 fully saturated rings. The molecule has 0 bridgehead atoms. The summed E-state index contributed by atoms with van der Waals surface area (Å²) in [4.78, 5) is 24.6. The molecule has 0 spiro atoms. The molecule has 0 heterocycles. The van der Waals surface area contributed by atoms with Crippen LogP contribution in [0.2, 0.25) is 0 Å². The van der Waals surface area contributed by atoms with Crippen LogP contribution in [0.3, 0.4) is 0 Å². The summed E-state index contributed by atoms with van der Waals surface area (Å²) in [5.41, 5.74) is 0.871. The SMILES string of the molecule is C=C/C=C(\C=C)CC(C(=O)OC(C)OC(C)=O)N(C)C.CC. The molecule has 0 aliphatic rings. The summed E-state index contributed by atoms with van der Waals surface area (Å²) in [6.07, 6.45) is 4.62. The molecule has 0 saturated carbocycles. The monoisotopic (exact) mass is 311 g/mol. The van der Waals surface area contributed by atoms with E-state index in [1.807, 2.05) is 13.8 Å². The van der Waals surface area contributed by atoms with Crippen LogP contribution in [0.25, 0.3) is 0 Å². The van der Waals surface area contributed by atoms with E-state index in [0.29, 0.717) is 6.42 Å². The third-order valence-corrected chi connectivity index (χ3v) is 2.53. The van der Waals surface area contributed by atoms with Crippen molar-refractivity contribution in [1.82, 2.24) is 4.90 Å². The van der Waals surface area contributed by atoms with Gasteiger partial charge >= 0.3 is 11.9 Å². The van der Waals surface area contributed by atoms with Crippen molar-refractivity contribution < 1.29 is 19.1 Å². The van der Waals surface area contributed by atoms with Crippen LogP contribution < -0.4 is 0 Å². The molecule has 0 aromatic carbocycles. The smallest absolute Gasteiger partial charge is 0.326 e. The van der Waals surface area contributed by atoms with Crippen molar-refractivity contribution in [3.63, 3.8) is 0 Å². The van der Waals surface area contributed by atoms with Gasteiger partial charge in [0, 0.05) is 13.8 Å². The van der Waals surface area contributed by atoms with E-state index >= 15 is 0 Å². The van der Waals surface area contributed by atoms with Gasteiger partial charge in [-0.3, -0.25) is 14.5 Å². The van der Waals surface area contributed by atoms with Crippen LogP contribution in [-0.2, 0) is 19.1 Å². The molecule has 5 nitrogen and oxygen atoms in total. The predicted octanol–water partition coefficient (Wildman–Crippen LogP) is 3.08. The predicted molar refractivity (Wildman–Crippen MR) is 89.2 cm³/mol. The highest BCUT2D eigenvalue weighted by Gasteiger charge is 2.25. The van der Waals surface area contributed by atoms with E-state index in [4.69, 9.17) is 9.47 Å². The normalized spacial score (nSPS) is 13.3. The first kappa shape index (κ1) is 22.4. The first-order chi connectivity index (χ1) is 10.3. The number of hydrogen-bond acceptors (Lipinski definition) is 5. The molecule has 126 valence electrons. The molecule has 0 aliphatic carbocycles. The number of nitrogens with zero attached hydrogens (tertiary/aromatic N) is 1. The fourth-order valence-electron chi connectivity index (χ4n) is 1.57. The molecule has 2 atom stereocenters. The summed E-state index contributed by atoms with van der Waals surface area (Å²) in [6, 6.07) is -0.489. The molecule has 22 heavy (non-hydrogen) atoms. The second kappa shape index (κ2) is 12.8. The lowest BCUT2D eigenvalue weighted by Gasteiger charge is -2.24. The molecule has 0 aromatic heterocycles. The van der Waals surface area contributed by atoms with E-state index < -0.39 is 24.3 Å². The topological polar surface area (TPSA) is 55.8 Å². The highest BCUT2D eigenvalue weighted by atomic mass is 16.7. The number of carbonyl (C=O) groups is 2. The summed E-state index contributed by atoms with van der Waals surface area (Å²) in [5, 5.41) is 0. The maximum absolute atomic E-state index is 12.1. The van der Waals surface area contributed by atoms with Gasteiger partial charge < -0.3 is 9.47 Å². The lowest BCUT2D eigenvalue weighted by molar-refractivity contribution is -0.186. The van der Waals surface area contributed by atoms with Crippen molar-refractivity contribution >= 4 is 11.9 Å². The van der Waals surface area contributed by atoms with Crippen molar-refractivity contribution in [2.24, 2.45) is 0 Å². The molecule has 0 aromatic rings. The van der Waals surface area contributed by atoms with E-state index in [2.05, 4.69) is 13.2 Å². The Morgan fingerprint density at radius 1 is 1.18 bits per heavy atom. The lowest BCUT2D eigenvalue weighted by Crippen LogP contribution is -2.39. The molecular formula is C17H29NO4. The van der Waals surface area contributed by atoms with E-state index in [-0.39, 0.29) is 0 Å². The molecule has 0 aliphatic heterocycles. The van der Waals surface area contributed by atoms with Gasteiger partial charge in [0.1, 0.15) is 6.04 Å². The second-order valence-corrected chi connectivity index (χ2v) is 4.48. The minimum absolute atomic E-state index is 0.439. The summed E-state index contributed by atoms with van der Waals surface area (Å²) in [5.74, 6) is -0.953. The van der Waals surface area contributed by atoms with Crippen molar-refractivity contribution in [2.75, 3.05) is 14.1 Å². The number of esters is 2. The first-order valence-electron chi connectivity index (χ1n) is 7.30. The Bertz CT molecular complexity index is 399. The van der Waals surface area contributed by atoms with Crippen LogP contribution in [0.1, 0.15) is 34.1 Å². The zero-order valence-electron chi connectivity index (χ0n) is 14.6.